The van der Waals surface area contributed by atoms with Crippen molar-refractivity contribution in [3.8, 4) is 11.8 Å². The second-order valence-corrected chi connectivity index (χ2v) is 20.7. The molecule has 9 heterocycles. The van der Waals surface area contributed by atoms with E-state index in [0.717, 1.165) is 13.2 Å². The van der Waals surface area contributed by atoms with Crippen molar-refractivity contribution in [1.29, 1.82) is 0 Å². The first-order valence-electron chi connectivity index (χ1n) is 19.9. The van der Waals surface area contributed by atoms with E-state index in [9.17, 15) is 9.67 Å². The minimum absolute atomic E-state index is 0.0378. The fourth-order valence-corrected chi connectivity index (χ4v) is 8.95. The summed E-state index contributed by atoms with van der Waals surface area (Å²) in [5.74, 6) is -0.969. The summed E-state index contributed by atoms with van der Waals surface area (Å²) in [6, 6.07) is 0. The van der Waals surface area contributed by atoms with Gasteiger partial charge in [-0.15, -0.1) is 0 Å². The summed E-state index contributed by atoms with van der Waals surface area (Å²) < 4.78 is 73.5. The first-order chi connectivity index (χ1) is 28.7. The molecular formula is C38H55Cl2N8O12P. The number of methoxy groups -OCH3 is 2. The van der Waals surface area contributed by atoms with Crippen LogP contribution in [-0.2, 0) is 42.2 Å². The maximum atomic E-state index is 12.1. The van der Waals surface area contributed by atoms with E-state index in [1.165, 1.54) is 27.1 Å². The van der Waals surface area contributed by atoms with E-state index in [2.05, 4.69) is 29.9 Å². The molecule has 4 aromatic heterocycles. The smallest absolute Gasteiger partial charge is 0.246 e. The summed E-state index contributed by atoms with van der Waals surface area (Å²) in [6.07, 6.45) is 3.04. The molecule has 0 aromatic carbocycles. The molecule has 0 spiro atoms. The highest BCUT2D eigenvalue weighted by molar-refractivity contribution is 7.57. The van der Waals surface area contributed by atoms with Crippen LogP contribution < -0.4 is 9.47 Å². The molecule has 338 valence electrons. The van der Waals surface area contributed by atoms with E-state index in [1.807, 2.05) is 41.5 Å². The third-order valence-corrected chi connectivity index (χ3v) is 12.3. The zero-order valence-corrected chi connectivity index (χ0v) is 38.4. The van der Waals surface area contributed by atoms with E-state index < -0.39 is 54.4 Å². The van der Waals surface area contributed by atoms with Crippen LogP contribution in [0.1, 0.15) is 66.8 Å². The van der Waals surface area contributed by atoms with Crippen molar-refractivity contribution in [2.24, 2.45) is 10.8 Å². The van der Waals surface area contributed by atoms with Gasteiger partial charge in [0, 0.05) is 26.5 Å². The van der Waals surface area contributed by atoms with Crippen molar-refractivity contribution >= 4 is 52.9 Å². The van der Waals surface area contributed by atoms with Crippen LogP contribution in [0.3, 0.4) is 0 Å². The number of ether oxygens (including phenoxy) is 9. The monoisotopic (exact) mass is 916 g/mol. The lowest BCUT2D eigenvalue weighted by Crippen LogP contribution is -2.54. The second kappa shape index (κ2) is 17.6. The van der Waals surface area contributed by atoms with Gasteiger partial charge in [0.15, 0.2) is 41.3 Å². The molecule has 0 aliphatic carbocycles. The van der Waals surface area contributed by atoms with Crippen LogP contribution in [-0.4, -0.2) is 147 Å². The molecule has 4 aromatic rings. The molecule has 0 saturated carbocycles. The van der Waals surface area contributed by atoms with Crippen LogP contribution in [0.2, 0.25) is 10.6 Å². The van der Waals surface area contributed by atoms with Crippen molar-refractivity contribution in [3.63, 3.8) is 0 Å². The molecule has 1 N–H and O–H groups in total. The van der Waals surface area contributed by atoms with Gasteiger partial charge in [0.2, 0.25) is 22.3 Å². The van der Waals surface area contributed by atoms with E-state index in [4.69, 9.17) is 70.4 Å². The Bertz CT molecular complexity index is 2230. The summed E-state index contributed by atoms with van der Waals surface area (Å²) >= 11 is 12.1. The van der Waals surface area contributed by atoms with Gasteiger partial charge in [0.1, 0.15) is 36.9 Å². The van der Waals surface area contributed by atoms with E-state index >= 15 is 0 Å². The minimum atomic E-state index is -2.70. The molecule has 0 bridgehead atoms. The van der Waals surface area contributed by atoms with E-state index in [0.29, 0.717) is 35.5 Å². The topological polar surface area (TPSA) is 217 Å². The third kappa shape index (κ3) is 9.38. The molecule has 23 heteroatoms. The van der Waals surface area contributed by atoms with Crippen LogP contribution in [0.25, 0.3) is 22.3 Å². The van der Waals surface area contributed by atoms with Crippen molar-refractivity contribution in [1.82, 2.24) is 39.0 Å². The molecule has 5 saturated heterocycles. The molecule has 2 unspecified atom stereocenters. The normalized spacial score (nSPS) is 31.5. The Balaban J connectivity index is 0.000000166. The highest BCUT2D eigenvalue weighted by atomic mass is 35.5. The molecule has 5 fully saturated rings. The Morgan fingerprint density at radius 3 is 1.59 bits per heavy atom. The number of imidazole rings is 2. The maximum absolute atomic E-state index is 12.1. The number of hydrogen-bond acceptors (Lipinski definition) is 18. The molecule has 5 aliphatic heterocycles. The highest BCUT2D eigenvalue weighted by Gasteiger charge is 2.61. The Labute approximate surface area is 363 Å². The van der Waals surface area contributed by atoms with Crippen LogP contribution >= 0.6 is 30.6 Å². The second-order valence-electron chi connectivity index (χ2n) is 17.2. The van der Waals surface area contributed by atoms with Crippen molar-refractivity contribution in [2.45, 2.75) is 103 Å². The van der Waals surface area contributed by atoms with Gasteiger partial charge in [0.05, 0.1) is 64.1 Å². The van der Waals surface area contributed by atoms with Crippen LogP contribution in [0, 0.1) is 10.8 Å². The molecule has 9 rings (SSSR count). The maximum Gasteiger partial charge on any atom is 0.246 e. The fourth-order valence-electron chi connectivity index (χ4n) is 8.13. The summed E-state index contributed by atoms with van der Waals surface area (Å²) in [7, 11) is 0.290. The van der Waals surface area contributed by atoms with Crippen molar-refractivity contribution in [2.75, 3.05) is 67.2 Å². The van der Waals surface area contributed by atoms with E-state index in [1.54, 1.807) is 35.1 Å². The molecule has 8 atom stereocenters. The summed E-state index contributed by atoms with van der Waals surface area (Å²) in [5, 5.41) is 9.89. The van der Waals surface area contributed by atoms with Crippen LogP contribution in [0.5, 0.6) is 11.8 Å². The highest BCUT2D eigenvalue weighted by Crippen LogP contribution is 2.54. The Hall–Kier alpha value is -2.85. The lowest BCUT2D eigenvalue weighted by molar-refractivity contribution is -0.314. The standard InChI is InChI=1S/C18H26ClN4O6P.C16H21ClN4O5.C4H8O/c1-17(2)26-8-18(3)12(29-17)10(7-27-30(5,6)24)28-15(18)23-9-20-11-13(23)21-16(19)22-14(11)25-4;1-15(2)24-6-16(3)10(26-15)8(5-22)25-13(16)21-7-18-9-11(21)19-14(17)20-12(9)23-4;1-2-4-5-3-1/h9-10,12,15H,7-8H2,1-6H3;7-8,10,13,22H,5-6H2,1-4H3;1-4H2/t10-,12?,15-,18+;8-,10?,13-,16+;/m11./s1. The van der Waals surface area contributed by atoms with Gasteiger partial charge < -0.3 is 52.3 Å². The van der Waals surface area contributed by atoms with Gasteiger partial charge in [-0.25, -0.2) is 9.97 Å². The predicted octanol–water partition coefficient (Wildman–Crippen LogP) is 5.43. The quantitative estimate of drug-likeness (QED) is 0.172. The zero-order valence-electron chi connectivity index (χ0n) is 36.0. The molecule has 20 nitrogen and oxygen atoms in total. The summed E-state index contributed by atoms with van der Waals surface area (Å²) in [4.78, 5) is 25.5. The summed E-state index contributed by atoms with van der Waals surface area (Å²) in [5.41, 5.74) is 0.755. The van der Waals surface area contributed by atoms with Gasteiger partial charge in [-0.05, 0) is 63.7 Å². The first-order valence-corrected chi connectivity index (χ1v) is 23.2. The lowest BCUT2D eigenvalue weighted by atomic mass is 9.81. The van der Waals surface area contributed by atoms with Gasteiger partial charge >= 0.3 is 0 Å². The Morgan fingerprint density at radius 1 is 0.754 bits per heavy atom. The molecule has 0 amide bonds. The van der Waals surface area contributed by atoms with Gasteiger partial charge in [0.25, 0.3) is 0 Å². The Kier molecular flexibility index (Phi) is 13.3. The van der Waals surface area contributed by atoms with E-state index in [-0.39, 0.29) is 47.7 Å². The fraction of sp³-hybridized carbons (Fsp3) is 0.737. The van der Waals surface area contributed by atoms with Gasteiger partial charge in [-0.1, -0.05) is 13.8 Å². The summed E-state index contributed by atoms with van der Waals surface area (Å²) in [6.45, 7) is 17.3. The lowest BCUT2D eigenvalue weighted by Gasteiger charge is -2.45. The number of aromatic nitrogens is 8. The predicted molar refractivity (Wildman–Crippen MR) is 220 cm³/mol. The largest absolute Gasteiger partial charge is 0.479 e. The first kappa shape index (κ1) is 46.2. The van der Waals surface area contributed by atoms with Crippen LogP contribution in [0.15, 0.2) is 12.7 Å². The third-order valence-electron chi connectivity index (χ3n) is 11.2. The van der Waals surface area contributed by atoms with Crippen molar-refractivity contribution in [3.05, 3.63) is 23.2 Å². The SMILES string of the molecule is C1CCOC1.COc1nc(Cl)nc2c1ncn2[C@@H]1O[C@H](CO)C2OC(C)(C)OC[C@@]21C.COc1nc(Cl)nc2c1ncn2[C@@H]1O[C@H](COP(C)(C)=O)C2OC(C)(C)OC[C@@]21C. The number of nitrogens with zero attached hydrogens (tertiary/aromatic N) is 8. The average Bonchev–Trinajstić information content (AvgIpc) is 4.05. The molecule has 61 heavy (non-hydrogen) atoms. The van der Waals surface area contributed by atoms with Crippen LogP contribution in [0.4, 0.5) is 0 Å². The zero-order chi connectivity index (χ0) is 44.1. The molecular weight excluding hydrogens is 862 g/mol. The number of fused-ring (bicyclic) bond motifs is 4. The molecule has 0 radical (unpaired) electrons. The number of rotatable bonds is 8. The molecule has 5 aliphatic rings. The minimum Gasteiger partial charge on any atom is -0.479 e. The Morgan fingerprint density at radius 2 is 1.20 bits per heavy atom. The average molecular weight is 918 g/mol. The van der Waals surface area contributed by atoms with Gasteiger partial charge in [-0.2, -0.15) is 19.9 Å². The van der Waals surface area contributed by atoms with Gasteiger partial charge in [-0.3, -0.25) is 13.7 Å². The number of aliphatic hydroxyl groups is 1. The van der Waals surface area contributed by atoms with Crippen molar-refractivity contribution < 1.29 is 56.8 Å². The number of hydrogen-bond donors (Lipinski definition) is 1. The number of halogens is 2. The number of aliphatic hydroxyl groups excluding tert-OH is 1.